The number of carbonyl (C=O) groups is 1. The van der Waals surface area contributed by atoms with Crippen molar-refractivity contribution in [2.75, 3.05) is 0 Å². The number of thiophene rings is 1. The number of thioether (sulfide) groups is 1. The number of hydrogen-bond donors (Lipinski definition) is 1. The third kappa shape index (κ3) is 4.76. The van der Waals surface area contributed by atoms with Gasteiger partial charge in [0.1, 0.15) is 5.25 Å². The second kappa shape index (κ2) is 10.6. The third-order valence-electron chi connectivity index (χ3n) is 8.19. The maximum Gasteiger partial charge on any atom is 0.238 e. The van der Waals surface area contributed by atoms with E-state index in [-0.39, 0.29) is 11.2 Å². The first-order valence-corrected chi connectivity index (χ1v) is 15.3. The van der Waals surface area contributed by atoms with Crippen LogP contribution in [0.5, 0.6) is 0 Å². The number of hydrogen-bond acceptors (Lipinski definition) is 3. The Morgan fingerprint density at radius 3 is 2.68 bits per heavy atom. The molecule has 0 radical (unpaired) electrons. The molecule has 4 heteroatoms. The van der Waals surface area contributed by atoms with Crippen LogP contribution in [0.25, 0.3) is 0 Å². The largest absolute Gasteiger partial charge is 0.341 e. The molecule has 1 N–H and O–H groups in total. The zero-order valence-corrected chi connectivity index (χ0v) is 23.4. The van der Waals surface area contributed by atoms with Crippen molar-refractivity contribution in [3.05, 3.63) is 135 Å². The summed E-state index contributed by atoms with van der Waals surface area (Å²) in [6.07, 6.45) is 5.36. The minimum atomic E-state index is -0.600. The molecule has 3 aromatic carbocycles. The summed E-state index contributed by atoms with van der Waals surface area (Å²) < 4.78 is 0. The Hall–Kier alpha value is -3.08. The molecular formula is C34H33NOS2. The summed E-state index contributed by atoms with van der Waals surface area (Å²) in [5.74, 6) is 0.574. The van der Waals surface area contributed by atoms with Crippen molar-refractivity contribution in [1.82, 2.24) is 5.32 Å². The van der Waals surface area contributed by atoms with Crippen molar-refractivity contribution in [2.45, 2.75) is 60.6 Å². The first-order chi connectivity index (χ1) is 18.5. The first kappa shape index (κ1) is 25.2. The fraction of sp³-hybridized carbons (Fsp3) is 0.265. The summed E-state index contributed by atoms with van der Waals surface area (Å²) in [7, 11) is 0. The van der Waals surface area contributed by atoms with E-state index in [4.69, 9.17) is 0 Å². The van der Waals surface area contributed by atoms with Crippen molar-refractivity contribution < 1.29 is 4.79 Å². The number of piperidine rings is 1. The predicted octanol–water partition coefficient (Wildman–Crippen LogP) is 8.20. The Morgan fingerprint density at radius 1 is 1.03 bits per heavy atom. The van der Waals surface area contributed by atoms with E-state index in [9.17, 15) is 4.79 Å². The van der Waals surface area contributed by atoms with Crippen molar-refractivity contribution in [3.8, 4) is 0 Å². The van der Waals surface area contributed by atoms with E-state index >= 15 is 0 Å². The average molecular weight is 536 g/mol. The highest BCUT2D eigenvalue weighted by Gasteiger charge is 2.45. The molecule has 0 bridgehead atoms. The van der Waals surface area contributed by atoms with Gasteiger partial charge in [0, 0.05) is 11.3 Å². The van der Waals surface area contributed by atoms with Gasteiger partial charge in [-0.15, -0.1) is 11.8 Å². The molecule has 6 rings (SSSR count). The third-order valence-corrected chi connectivity index (χ3v) is 10.4. The van der Waals surface area contributed by atoms with Crippen molar-refractivity contribution in [3.63, 3.8) is 0 Å². The van der Waals surface area contributed by atoms with Crippen molar-refractivity contribution in [2.24, 2.45) is 0 Å². The van der Waals surface area contributed by atoms with Gasteiger partial charge in [-0.1, -0.05) is 78.9 Å². The molecule has 0 spiro atoms. The normalized spacial score (nSPS) is 23.1. The molecule has 0 saturated carbocycles. The van der Waals surface area contributed by atoms with E-state index in [1.54, 1.807) is 23.1 Å². The number of benzene rings is 3. The van der Waals surface area contributed by atoms with Crippen LogP contribution in [0.15, 0.2) is 107 Å². The molecule has 1 aliphatic carbocycles. The molecule has 38 heavy (non-hydrogen) atoms. The molecule has 1 fully saturated rings. The van der Waals surface area contributed by atoms with E-state index in [0.717, 1.165) is 28.0 Å². The molecule has 2 heterocycles. The van der Waals surface area contributed by atoms with E-state index in [1.807, 2.05) is 12.1 Å². The summed E-state index contributed by atoms with van der Waals surface area (Å²) >= 11 is 3.28. The number of nitrogens with one attached hydrogen (secondary N) is 1. The first-order valence-electron chi connectivity index (χ1n) is 13.5. The van der Waals surface area contributed by atoms with E-state index in [1.165, 1.54) is 41.5 Å². The monoisotopic (exact) mass is 535 g/mol. The van der Waals surface area contributed by atoms with Crippen LogP contribution in [0.1, 0.15) is 58.6 Å². The van der Waals surface area contributed by atoms with Gasteiger partial charge in [-0.05, 0) is 94.8 Å². The lowest BCUT2D eigenvalue weighted by Crippen LogP contribution is -2.54. The number of carbonyl (C=O) groups excluding carboxylic acids is 1. The van der Waals surface area contributed by atoms with Gasteiger partial charge in [0.2, 0.25) is 5.91 Å². The summed E-state index contributed by atoms with van der Waals surface area (Å²) in [4.78, 5) is 14.9. The van der Waals surface area contributed by atoms with Crippen LogP contribution in [0.4, 0.5) is 0 Å². The molecule has 2 aliphatic rings. The number of rotatable bonds is 6. The van der Waals surface area contributed by atoms with E-state index in [2.05, 4.69) is 96.3 Å². The Labute approximate surface area is 234 Å². The highest BCUT2D eigenvalue weighted by molar-refractivity contribution is 8.00. The molecule has 3 atom stereocenters. The molecule has 4 aromatic rings. The molecule has 2 nitrogen and oxygen atoms in total. The lowest BCUT2D eigenvalue weighted by atomic mass is 9.74. The highest BCUT2D eigenvalue weighted by atomic mass is 32.2. The van der Waals surface area contributed by atoms with Crippen LogP contribution in [-0.4, -0.2) is 11.2 Å². The van der Waals surface area contributed by atoms with Crippen LogP contribution in [-0.2, 0) is 23.2 Å². The van der Waals surface area contributed by atoms with Crippen LogP contribution < -0.4 is 5.32 Å². The van der Waals surface area contributed by atoms with Crippen LogP contribution in [0.3, 0.4) is 0 Å². The standard InChI is InChI=1S/C34H33NOS2/c1-23-9-3-6-16-31(23)38-32-24(2)21-34(35-33(32)36,29-17-18-37-22-29)28-14-7-10-25(20-28)19-27-13-8-12-26-11-4-5-15-30(26)27/h3-7,9-11,14-18,20,22,27,32H,2,8,12-13,19,21H2,1H3,(H,35,36). The van der Waals surface area contributed by atoms with Gasteiger partial charge in [0.15, 0.2) is 0 Å². The topological polar surface area (TPSA) is 29.1 Å². The lowest BCUT2D eigenvalue weighted by Gasteiger charge is -2.42. The molecule has 1 saturated heterocycles. The average Bonchev–Trinajstić information content (AvgIpc) is 3.48. The van der Waals surface area contributed by atoms with E-state index < -0.39 is 5.54 Å². The Kier molecular flexibility index (Phi) is 7.03. The molecule has 1 amide bonds. The molecule has 192 valence electrons. The SMILES string of the molecule is C=C1CC(c2ccsc2)(c2cccc(CC3CCCc4ccccc43)c2)NC(=O)C1Sc1ccccc1C. The maximum atomic E-state index is 13.8. The van der Waals surface area contributed by atoms with Gasteiger partial charge >= 0.3 is 0 Å². The summed E-state index contributed by atoms with van der Waals surface area (Å²) in [5.41, 5.74) is 8.18. The van der Waals surface area contributed by atoms with Crippen LogP contribution in [0.2, 0.25) is 0 Å². The lowest BCUT2D eigenvalue weighted by molar-refractivity contribution is -0.122. The van der Waals surface area contributed by atoms with Gasteiger partial charge in [-0.25, -0.2) is 0 Å². The van der Waals surface area contributed by atoms with Crippen molar-refractivity contribution >= 4 is 29.0 Å². The van der Waals surface area contributed by atoms with Crippen molar-refractivity contribution in [1.29, 1.82) is 0 Å². The van der Waals surface area contributed by atoms with Gasteiger partial charge in [0.05, 0.1) is 5.54 Å². The minimum absolute atomic E-state index is 0.0346. The molecule has 3 unspecified atom stereocenters. The Morgan fingerprint density at radius 2 is 1.87 bits per heavy atom. The molecule has 1 aliphatic heterocycles. The van der Waals surface area contributed by atoms with Gasteiger partial charge < -0.3 is 5.32 Å². The Balaban J connectivity index is 1.32. The zero-order valence-electron chi connectivity index (χ0n) is 21.8. The second-order valence-corrected chi connectivity index (χ2v) is 12.6. The summed E-state index contributed by atoms with van der Waals surface area (Å²) in [6.45, 7) is 6.56. The van der Waals surface area contributed by atoms with E-state index in [0.29, 0.717) is 12.3 Å². The fourth-order valence-electron chi connectivity index (χ4n) is 6.23. The minimum Gasteiger partial charge on any atom is -0.341 e. The van der Waals surface area contributed by atoms with Crippen LogP contribution >= 0.6 is 23.1 Å². The summed E-state index contributed by atoms with van der Waals surface area (Å²) in [5, 5.41) is 7.47. The second-order valence-electron chi connectivity index (χ2n) is 10.7. The highest BCUT2D eigenvalue weighted by Crippen LogP contribution is 2.45. The quantitative estimate of drug-likeness (QED) is 0.252. The smallest absolute Gasteiger partial charge is 0.238 e. The van der Waals surface area contributed by atoms with Gasteiger partial charge in [-0.2, -0.15) is 11.3 Å². The zero-order chi connectivity index (χ0) is 26.1. The maximum absolute atomic E-state index is 13.8. The predicted molar refractivity (Wildman–Crippen MR) is 160 cm³/mol. The molecule has 1 aromatic heterocycles. The molecular weight excluding hydrogens is 503 g/mol. The fourth-order valence-corrected chi connectivity index (χ4v) is 8.04. The van der Waals surface area contributed by atoms with Gasteiger partial charge in [0.25, 0.3) is 0 Å². The Bertz CT molecular complexity index is 1450. The number of amides is 1. The number of aryl methyl sites for hydroxylation is 2. The number of fused-ring (bicyclic) bond motifs is 1. The van der Waals surface area contributed by atoms with Gasteiger partial charge in [-0.3, -0.25) is 4.79 Å². The summed E-state index contributed by atoms with van der Waals surface area (Å²) in [6, 6.07) is 28.3. The van der Waals surface area contributed by atoms with Crippen LogP contribution in [0, 0.1) is 6.92 Å².